The minimum Gasteiger partial charge on any atom is -0.497 e. The summed E-state index contributed by atoms with van der Waals surface area (Å²) >= 11 is 1.58. The maximum Gasteiger partial charge on any atom is 0.227 e. The van der Waals surface area contributed by atoms with Gasteiger partial charge in [0.05, 0.1) is 7.11 Å². The van der Waals surface area contributed by atoms with Gasteiger partial charge in [-0.05, 0) is 43.3 Å². The number of pyridine rings is 1. The Kier molecular flexibility index (Phi) is 6.35. The van der Waals surface area contributed by atoms with E-state index in [-0.39, 0.29) is 0 Å². The van der Waals surface area contributed by atoms with E-state index in [0.29, 0.717) is 23.9 Å². The van der Waals surface area contributed by atoms with Crippen LogP contribution in [0.2, 0.25) is 0 Å². The van der Waals surface area contributed by atoms with Gasteiger partial charge in [-0.2, -0.15) is 4.98 Å². The molecule has 34 heavy (non-hydrogen) atoms. The van der Waals surface area contributed by atoms with Crippen molar-refractivity contribution in [3.8, 4) is 34.2 Å². The topological polar surface area (TPSA) is 91.8 Å². The predicted octanol–water partition coefficient (Wildman–Crippen LogP) is 5.03. The summed E-state index contributed by atoms with van der Waals surface area (Å²) in [5, 5.41) is 13.8. The van der Waals surface area contributed by atoms with Crippen molar-refractivity contribution in [1.82, 2.24) is 29.9 Å². The van der Waals surface area contributed by atoms with Crippen LogP contribution in [0.25, 0.3) is 28.5 Å². The lowest BCUT2D eigenvalue weighted by Crippen LogP contribution is -2.01. The highest BCUT2D eigenvalue weighted by atomic mass is 32.2. The van der Waals surface area contributed by atoms with E-state index < -0.39 is 0 Å². The molecule has 0 saturated carbocycles. The second-order valence-electron chi connectivity index (χ2n) is 7.55. The Hall–Kier alpha value is -3.98. The molecule has 5 rings (SSSR count). The van der Waals surface area contributed by atoms with Crippen LogP contribution in [-0.4, -0.2) is 42.8 Å². The number of aryl methyl sites for hydroxylation is 2. The van der Waals surface area contributed by atoms with Gasteiger partial charge in [0.25, 0.3) is 0 Å². The van der Waals surface area contributed by atoms with Crippen molar-refractivity contribution in [3.05, 3.63) is 84.5 Å². The minimum atomic E-state index is 0.591. The molecule has 2 aromatic carbocycles. The van der Waals surface area contributed by atoms with Crippen molar-refractivity contribution in [2.45, 2.75) is 18.5 Å². The molecule has 0 bridgehead atoms. The number of benzene rings is 2. The first-order valence-electron chi connectivity index (χ1n) is 10.7. The van der Waals surface area contributed by atoms with E-state index in [1.165, 1.54) is 5.56 Å². The van der Waals surface area contributed by atoms with Crippen molar-refractivity contribution in [2.75, 3.05) is 12.9 Å². The fraction of sp³-hybridized carbons (Fsp3) is 0.160. The summed E-state index contributed by atoms with van der Waals surface area (Å²) in [4.78, 5) is 8.65. The zero-order valence-electron chi connectivity index (χ0n) is 18.8. The molecule has 0 aliphatic heterocycles. The number of methoxy groups -OCH3 is 1. The molecule has 0 atom stereocenters. The molecule has 0 saturated heterocycles. The number of rotatable bonds is 8. The van der Waals surface area contributed by atoms with E-state index in [9.17, 15) is 0 Å². The minimum absolute atomic E-state index is 0.591. The van der Waals surface area contributed by atoms with Gasteiger partial charge in [-0.3, -0.25) is 9.55 Å². The zero-order valence-corrected chi connectivity index (χ0v) is 19.6. The fourth-order valence-corrected chi connectivity index (χ4v) is 4.30. The molecular weight excluding hydrogens is 448 g/mol. The van der Waals surface area contributed by atoms with Crippen LogP contribution in [0.4, 0.5) is 0 Å². The summed E-state index contributed by atoms with van der Waals surface area (Å²) in [5.74, 6) is 3.43. The van der Waals surface area contributed by atoms with E-state index in [1.807, 2.05) is 72.2 Å². The van der Waals surface area contributed by atoms with Gasteiger partial charge in [-0.1, -0.05) is 46.7 Å². The predicted molar refractivity (Wildman–Crippen MR) is 130 cm³/mol. The number of thioether (sulfide) groups is 1. The SMILES string of the molecule is COc1ccc(-n2c(SCCc3nc(-c4ccc(C)cc4)no3)nnc2-c2ccncc2)cc1. The number of nitrogens with zero attached hydrogens (tertiary/aromatic N) is 6. The number of hydrogen-bond acceptors (Lipinski definition) is 8. The molecule has 0 spiro atoms. The molecule has 3 aromatic heterocycles. The summed E-state index contributed by atoms with van der Waals surface area (Å²) in [7, 11) is 1.65. The fourth-order valence-electron chi connectivity index (χ4n) is 3.42. The molecule has 0 radical (unpaired) electrons. The van der Waals surface area contributed by atoms with Crippen LogP contribution >= 0.6 is 11.8 Å². The van der Waals surface area contributed by atoms with Crippen molar-refractivity contribution >= 4 is 11.8 Å². The summed E-state index contributed by atoms with van der Waals surface area (Å²) < 4.78 is 12.8. The summed E-state index contributed by atoms with van der Waals surface area (Å²) in [6.07, 6.45) is 4.11. The van der Waals surface area contributed by atoms with Crippen molar-refractivity contribution in [1.29, 1.82) is 0 Å². The van der Waals surface area contributed by atoms with E-state index in [4.69, 9.17) is 9.26 Å². The number of hydrogen-bond donors (Lipinski definition) is 0. The molecule has 0 amide bonds. The van der Waals surface area contributed by atoms with Crippen LogP contribution in [0.3, 0.4) is 0 Å². The second-order valence-corrected chi connectivity index (χ2v) is 8.61. The molecule has 170 valence electrons. The maximum absolute atomic E-state index is 5.46. The summed E-state index contributed by atoms with van der Waals surface area (Å²) in [6.45, 7) is 2.05. The van der Waals surface area contributed by atoms with Gasteiger partial charge in [0.1, 0.15) is 5.75 Å². The molecular formula is C25H22N6O2S. The van der Waals surface area contributed by atoms with E-state index in [0.717, 1.165) is 33.5 Å². The standard InChI is InChI=1S/C25H22N6O2S/c1-17-3-5-18(6-4-17)23-27-22(33-30-23)13-16-34-25-29-28-24(19-11-14-26-15-12-19)31(25)20-7-9-21(32-2)10-8-20/h3-12,14-15H,13,16H2,1-2H3. The molecule has 9 heteroatoms. The van der Waals surface area contributed by atoms with Gasteiger partial charge in [0.2, 0.25) is 11.7 Å². The highest BCUT2D eigenvalue weighted by Gasteiger charge is 2.17. The Balaban J connectivity index is 1.35. The largest absolute Gasteiger partial charge is 0.497 e. The molecule has 5 aromatic rings. The van der Waals surface area contributed by atoms with Crippen molar-refractivity contribution < 1.29 is 9.26 Å². The second kappa shape index (κ2) is 9.88. The lowest BCUT2D eigenvalue weighted by molar-refractivity contribution is 0.383. The van der Waals surface area contributed by atoms with Gasteiger partial charge in [0, 0.05) is 41.4 Å². The summed E-state index contributed by atoms with van der Waals surface area (Å²) in [5.41, 5.74) is 4.01. The Morgan fingerprint density at radius 1 is 0.912 bits per heavy atom. The van der Waals surface area contributed by atoms with Crippen LogP contribution in [0.5, 0.6) is 5.75 Å². The lowest BCUT2D eigenvalue weighted by Gasteiger charge is -2.11. The van der Waals surface area contributed by atoms with Gasteiger partial charge in [-0.15, -0.1) is 10.2 Å². The number of ether oxygens (including phenoxy) is 1. The average molecular weight is 471 g/mol. The molecule has 3 heterocycles. The molecule has 0 fully saturated rings. The van der Waals surface area contributed by atoms with Crippen LogP contribution in [-0.2, 0) is 6.42 Å². The molecule has 0 N–H and O–H groups in total. The third-order valence-electron chi connectivity index (χ3n) is 5.23. The molecule has 0 unspecified atom stereocenters. The monoisotopic (exact) mass is 470 g/mol. The van der Waals surface area contributed by atoms with Crippen LogP contribution < -0.4 is 4.74 Å². The summed E-state index contributed by atoms with van der Waals surface area (Å²) in [6, 6.07) is 19.7. The Morgan fingerprint density at radius 3 is 2.41 bits per heavy atom. The molecule has 0 aliphatic carbocycles. The van der Waals surface area contributed by atoms with Crippen molar-refractivity contribution in [3.63, 3.8) is 0 Å². The smallest absolute Gasteiger partial charge is 0.227 e. The quantitative estimate of drug-likeness (QED) is 0.292. The van der Waals surface area contributed by atoms with Gasteiger partial charge >= 0.3 is 0 Å². The van der Waals surface area contributed by atoms with E-state index in [1.54, 1.807) is 31.3 Å². The lowest BCUT2D eigenvalue weighted by atomic mass is 10.1. The zero-order chi connectivity index (χ0) is 23.3. The average Bonchev–Trinajstić information content (AvgIpc) is 3.53. The highest BCUT2D eigenvalue weighted by molar-refractivity contribution is 7.99. The van der Waals surface area contributed by atoms with Crippen LogP contribution in [0.15, 0.2) is 82.7 Å². The number of aromatic nitrogens is 6. The third-order valence-corrected chi connectivity index (χ3v) is 6.16. The first kappa shape index (κ1) is 21.8. The van der Waals surface area contributed by atoms with Crippen LogP contribution in [0, 0.1) is 6.92 Å². The first-order valence-corrected chi connectivity index (χ1v) is 11.7. The Labute approximate surface area is 201 Å². The van der Waals surface area contributed by atoms with Gasteiger partial charge in [0.15, 0.2) is 11.0 Å². The van der Waals surface area contributed by atoms with Gasteiger partial charge < -0.3 is 9.26 Å². The van der Waals surface area contributed by atoms with Crippen LogP contribution in [0.1, 0.15) is 11.5 Å². The highest BCUT2D eigenvalue weighted by Crippen LogP contribution is 2.29. The Bertz CT molecular complexity index is 1370. The third kappa shape index (κ3) is 4.69. The van der Waals surface area contributed by atoms with E-state index >= 15 is 0 Å². The maximum atomic E-state index is 5.46. The molecule has 8 nitrogen and oxygen atoms in total. The van der Waals surface area contributed by atoms with Crippen molar-refractivity contribution in [2.24, 2.45) is 0 Å². The normalized spacial score (nSPS) is 11.0. The van der Waals surface area contributed by atoms with E-state index in [2.05, 4.69) is 25.3 Å². The molecule has 0 aliphatic rings. The first-order chi connectivity index (χ1) is 16.7. The van der Waals surface area contributed by atoms with Gasteiger partial charge in [-0.25, -0.2) is 0 Å². The Morgan fingerprint density at radius 2 is 1.68 bits per heavy atom.